The number of hydrogen-bond donors (Lipinski definition) is 1. The lowest BCUT2D eigenvalue weighted by Gasteiger charge is -2.29. The van der Waals surface area contributed by atoms with Crippen LogP contribution in [0.2, 0.25) is 0 Å². The third-order valence-corrected chi connectivity index (χ3v) is 6.20. The second kappa shape index (κ2) is 7.57. The maximum atomic E-state index is 12.8. The van der Waals surface area contributed by atoms with Crippen molar-refractivity contribution in [3.63, 3.8) is 0 Å². The van der Waals surface area contributed by atoms with Crippen LogP contribution in [0.4, 0.5) is 0 Å². The van der Waals surface area contributed by atoms with Gasteiger partial charge in [0.2, 0.25) is 10.0 Å². The van der Waals surface area contributed by atoms with Gasteiger partial charge in [0, 0.05) is 13.2 Å². The second-order valence-corrected chi connectivity index (χ2v) is 8.48. The first-order valence-corrected chi connectivity index (χ1v) is 9.75. The third kappa shape index (κ3) is 4.09. The summed E-state index contributed by atoms with van der Waals surface area (Å²) < 4.78 is 27.2. The van der Waals surface area contributed by atoms with E-state index in [4.69, 9.17) is 5.11 Å². The van der Waals surface area contributed by atoms with Crippen LogP contribution in [0.25, 0.3) is 0 Å². The van der Waals surface area contributed by atoms with Gasteiger partial charge >= 0.3 is 0 Å². The minimum atomic E-state index is -3.29. The van der Waals surface area contributed by atoms with Crippen molar-refractivity contribution >= 4 is 10.0 Å². The molecule has 5 heteroatoms. The summed E-state index contributed by atoms with van der Waals surface area (Å²) in [5.41, 5.74) is 2.38. The molecule has 0 saturated carbocycles. The average molecular weight is 325 g/mol. The maximum absolute atomic E-state index is 12.8. The Morgan fingerprint density at radius 3 is 2.73 bits per heavy atom. The van der Waals surface area contributed by atoms with E-state index in [-0.39, 0.29) is 18.4 Å². The predicted molar refractivity (Wildman–Crippen MR) is 89.2 cm³/mol. The van der Waals surface area contributed by atoms with Gasteiger partial charge in [-0.05, 0) is 42.7 Å². The standard InChI is InChI=1S/C17H27NO3S/c1-14(2)10-13-22(20,21)18(11-5-12-19)17-9-8-15-6-3-4-7-16(15)17/h3-4,6-7,14,17,19H,5,8-13H2,1-2H3. The molecule has 1 unspecified atom stereocenters. The van der Waals surface area contributed by atoms with Crippen LogP contribution >= 0.6 is 0 Å². The van der Waals surface area contributed by atoms with Crippen molar-refractivity contribution in [3.8, 4) is 0 Å². The normalized spacial score (nSPS) is 18.1. The molecule has 1 atom stereocenters. The Balaban J connectivity index is 2.23. The zero-order chi connectivity index (χ0) is 16.2. The summed E-state index contributed by atoms with van der Waals surface area (Å²) in [5, 5.41) is 9.12. The number of benzene rings is 1. The number of rotatable bonds is 8. The van der Waals surface area contributed by atoms with E-state index in [0.717, 1.165) is 18.4 Å². The first-order valence-electron chi connectivity index (χ1n) is 8.14. The van der Waals surface area contributed by atoms with Crippen LogP contribution in [-0.4, -0.2) is 36.7 Å². The summed E-state index contributed by atoms with van der Waals surface area (Å²) in [6, 6.07) is 8.03. The molecule has 22 heavy (non-hydrogen) atoms. The minimum absolute atomic E-state index is 0.0184. The van der Waals surface area contributed by atoms with E-state index in [0.29, 0.717) is 25.3 Å². The molecule has 2 rings (SSSR count). The molecule has 1 aliphatic carbocycles. The van der Waals surface area contributed by atoms with Gasteiger partial charge in [-0.3, -0.25) is 0 Å². The van der Waals surface area contributed by atoms with E-state index >= 15 is 0 Å². The van der Waals surface area contributed by atoms with Crippen molar-refractivity contribution in [2.24, 2.45) is 5.92 Å². The van der Waals surface area contributed by atoms with Crippen LogP contribution in [0, 0.1) is 5.92 Å². The van der Waals surface area contributed by atoms with Crippen molar-refractivity contribution in [3.05, 3.63) is 35.4 Å². The number of hydrogen-bond acceptors (Lipinski definition) is 3. The lowest BCUT2D eigenvalue weighted by Crippen LogP contribution is -2.37. The molecule has 0 aromatic heterocycles. The number of aliphatic hydroxyl groups is 1. The van der Waals surface area contributed by atoms with Gasteiger partial charge in [0.1, 0.15) is 0 Å². The van der Waals surface area contributed by atoms with E-state index in [2.05, 4.69) is 6.07 Å². The number of aliphatic hydroxyl groups excluding tert-OH is 1. The summed E-state index contributed by atoms with van der Waals surface area (Å²) in [7, 11) is -3.29. The first-order chi connectivity index (χ1) is 10.5. The van der Waals surface area contributed by atoms with E-state index in [9.17, 15) is 8.42 Å². The van der Waals surface area contributed by atoms with Gasteiger partial charge in [-0.15, -0.1) is 0 Å². The molecule has 0 saturated heterocycles. The second-order valence-electron chi connectivity index (χ2n) is 6.44. The minimum Gasteiger partial charge on any atom is -0.396 e. The Morgan fingerprint density at radius 2 is 2.05 bits per heavy atom. The number of sulfonamides is 1. The Hall–Kier alpha value is -0.910. The van der Waals surface area contributed by atoms with Crippen LogP contribution in [0.3, 0.4) is 0 Å². The molecule has 1 aliphatic rings. The molecule has 4 nitrogen and oxygen atoms in total. The Bertz CT molecular complexity index is 583. The van der Waals surface area contributed by atoms with Crippen LogP contribution in [0.1, 0.15) is 50.3 Å². The Kier molecular flexibility index (Phi) is 6.01. The van der Waals surface area contributed by atoms with Gasteiger partial charge in [-0.25, -0.2) is 8.42 Å². The molecule has 0 amide bonds. The van der Waals surface area contributed by atoms with Crippen molar-refractivity contribution in [2.75, 3.05) is 18.9 Å². The predicted octanol–water partition coefficient (Wildman–Crippen LogP) is 2.73. The van der Waals surface area contributed by atoms with Crippen molar-refractivity contribution in [1.82, 2.24) is 4.31 Å². The number of aryl methyl sites for hydroxylation is 1. The zero-order valence-corrected chi connectivity index (χ0v) is 14.3. The molecule has 124 valence electrons. The van der Waals surface area contributed by atoms with Crippen LogP contribution in [-0.2, 0) is 16.4 Å². The largest absolute Gasteiger partial charge is 0.396 e. The van der Waals surface area contributed by atoms with Crippen LogP contribution in [0.5, 0.6) is 0 Å². The summed E-state index contributed by atoms with van der Waals surface area (Å²) in [6.45, 7) is 4.50. The number of nitrogens with zero attached hydrogens (tertiary/aromatic N) is 1. The highest BCUT2D eigenvalue weighted by molar-refractivity contribution is 7.89. The van der Waals surface area contributed by atoms with E-state index < -0.39 is 10.0 Å². The molecule has 0 heterocycles. The van der Waals surface area contributed by atoms with Crippen LogP contribution < -0.4 is 0 Å². The van der Waals surface area contributed by atoms with Gasteiger partial charge in [-0.1, -0.05) is 38.1 Å². The van der Waals surface area contributed by atoms with E-state index in [1.165, 1.54) is 5.56 Å². The SMILES string of the molecule is CC(C)CCS(=O)(=O)N(CCCO)C1CCc2ccccc21. The number of fused-ring (bicyclic) bond motifs is 1. The fourth-order valence-corrected chi connectivity index (χ4v) is 5.07. The monoisotopic (exact) mass is 325 g/mol. The summed E-state index contributed by atoms with van der Waals surface area (Å²) in [5.74, 6) is 0.555. The molecule has 1 aromatic rings. The molecule has 1 N–H and O–H groups in total. The Labute approximate surface area is 134 Å². The van der Waals surface area contributed by atoms with E-state index in [1.54, 1.807) is 4.31 Å². The van der Waals surface area contributed by atoms with Crippen molar-refractivity contribution in [1.29, 1.82) is 0 Å². The lowest BCUT2D eigenvalue weighted by atomic mass is 10.1. The van der Waals surface area contributed by atoms with Gasteiger partial charge < -0.3 is 5.11 Å². The highest BCUT2D eigenvalue weighted by Crippen LogP contribution is 2.37. The smallest absolute Gasteiger partial charge is 0.214 e. The maximum Gasteiger partial charge on any atom is 0.214 e. The quantitative estimate of drug-likeness (QED) is 0.799. The first kappa shape index (κ1) is 17.4. The molecule has 0 bridgehead atoms. The van der Waals surface area contributed by atoms with Gasteiger partial charge in [0.25, 0.3) is 0 Å². The summed E-state index contributed by atoms with van der Waals surface area (Å²) in [6.07, 6.45) is 2.92. The molecule has 0 fully saturated rings. The Morgan fingerprint density at radius 1 is 1.32 bits per heavy atom. The highest BCUT2D eigenvalue weighted by Gasteiger charge is 2.34. The molecule has 1 aromatic carbocycles. The molecular formula is C17H27NO3S. The zero-order valence-electron chi connectivity index (χ0n) is 13.5. The van der Waals surface area contributed by atoms with Gasteiger partial charge in [0.15, 0.2) is 0 Å². The highest BCUT2D eigenvalue weighted by atomic mass is 32.2. The van der Waals surface area contributed by atoms with Crippen LogP contribution in [0.15, 0.2) is 24.3 Å². The van der Waals surface area contributed by atoms with Crippen molar-refractivity contribution in [2.45, 2.75) is 45.6 Å². The van der Waals surface area contributed by atoms with Gasteiger partial charge in [0.05, 0.1) is 11.8 Å². The molecule has 0 spiro atoms. The van der Waals surface area contributed by atoms with E-state index in [1.807, 2.05) is 32.0 Å². The molecule has 0 radical (unpaired) electrons. The fraction of sp³-hybridized carbons (Fsp3) is 0.647. The molecular weight excluding hydrogens is 298 g/mol. The summed E-state index contributed by atoms with van der Waals surface area (Å²) >= 11 is 0. The third-order valence-electron chi connectivity index (χ3n) is 4.30. The average Bonchev–Trinajstić information content (AvgIpc) is 2.90. The topological polar surface area (TPSA) is 57.6 Å². The molecule has 0 aliphatic heterocycles. The summed E-state index contributed by atoms with van der Waals surface area (Å²) in [4.78, 5) is 0. The van der Waals surface area contributed by atoms with Crippen molar-refractivity contribution < 1.29 is 13.5 Å². The van der Waals surface area contributed by atoms with Gasteiger partial charge in [-0.2, -0.15) is 4.31 Å². The fourth-order valence-electron chi connectivity index (χ4n) is 3.05. The lowest BCUT2D eigenvalue weighted by molar-refractivity contribution is 0.249.